The Morgan fingerprint density at radius 2 is 1.32 bits per heavy atom. The van der Waals surface area contributed by atoms with E-state index in [1.165, 1.54) is 13.0 Å². The Balaban J connectivity index is 1.24. The molecule has 4 aromatic carbocycles. The molecule has 0 aromatic heterocycles. The van der Waals surface area contributed by atoms with Crippen LogP contribution in [0.2, 0.25) is 0 Å². The van der Waals surface area contributed by atoms with Crippen molar-refractivity contribution in [3.63, 3.8) is 0 Å². The van der Waals surface area contributed by atoms with Crippen LogP contribution in [0, 0.1) is 11.7 Å². The summed E-state index contributed by atoms with van der Waals surface area (Å²) in [5, 5.41) is 0. The summed E-state index contributed by atoms with van der Waals surface area (Å²) in [6, 6.07) is 34.6. The van der Waals surface area contributed by atoms with Gasteiger partial charge in [-0.05, 0) is 42.7 Å². The van der Waals surface area contributed by atoms with Gasteiger partial charge >= 0.3 is 11.9 Å². The van der Waals surface area contributed by atoms with Crippen molar-refractivity contribution < 1.29 is 28.2 Å². The quantitative estimate of drug-likeness (QED) is 0.0608. The van der Waals surface area contributed by atoms with Gasteiger partial charge in [0.05, 0.1) is 11.2 Å². The number of hydrogen-bond acceptors (Lipinski definition) is 8. The standard InChI is InChI=1S/C41H42FN3O5/c1-4-43-28-34(40(48)50-25-24-49-39(47)29(2)3)38(46)33-26-35(42)37(27-36(33)43)44-20-22-45(23-21-44)41(30-14-8-5-9-15-30,31-16-10-6-11-17-31)32-18-12-7-13-19-32/h5-19,26-27,34H,2,4,20-25,28H2,1,3H3. The molecular formula is C41H42FN3O5. The smallest absolute Gasteiger partial charge is 0.333 e. The van der Waals surface area contributed by atoms with Crippen molar-refractivity contribution >= 4 is 29.1 Å². The summed E-state index contributed by atoms with van der Waals surface area (Å²) >= 11 is 0. The third kappa shape index (κ3) is 6.65. The van der Waals surface area contributed by atoms with Gasteiger partial charge in [0.15, 0.2) is 5.78 Å². The Labute approximate surface area is 292 Å². The first kappa shape index (κ1) is 34.6. The van der Waals surface area contributed by atoms with Gasteiger partial charge in [0.1, 0.15) is 24.9 Å². The number of ether oxygens (including phenoxy) is 2. The Kier molecular flexibility index (Phi) is 10.4. The van der Waals surface area contributed by atoms with Gasteiger partial charge in [-0.25, -0.2) is 9.18 Å². The van der Waals surface area contributed by atoms with Crippen LogP contribution in [-0.4, -0.2) is 75.1 Å². The number of rotatable bonds is 11. The minimum atomic E-state index is -1.12. The molecule has 1 unspecified atom stereocenters. The van der Waals surface area contributed by atoms with E-state index in [1.807, 2.05) is 34.9 Å². The van der Waals surface area contributed by atoms with E-state index in [2.05, 4.69) is 84.3 Å². The van der Waals surface area contributed by atoms with Crippen LogP contribution >= 0.6 is 0 Å². The largest absolute Gasteiger partial charge is 0.461 e. The molecule has 4 aromatic rings. The van der Waals surface area contributed by atoms with Crippen molar-refractivity contribution in [2.75, 3.05) is 62.3 Å². The zero-order valence-corrected chi connectivity index (χ0v) is 28.5. The van der Waals surface area contributed by atoms with E-state index in [9.17, 15) is 14.4 Å². The van der Waals surface area contributed by atoms with E-state index in [0.717, 1.165) is 16.7 Å². The topological polar surface area (TPSA) is 79.4 Å². The van der Waals surface area contributed by atoms with Gasteiger partial charge in [-0.3, -0.25) is 14.5 Å². The lowest BCUT2D eigenvalue weighted by Crippen LogP contribution is -2.56. The SMILES string of the molecule is C=C(C)C(=O)OCCOC(=O)C1CN(CC)c2cc(N3CCN(C(c4ccccc4)(c4ccccc4)c4ccccc4)CC3)c(F)cc2C1=O. The highest BCUT2D eigenvalue weighted by molar-refractivity contribution is 6.14. The van der Waals surface area contributed by atoms with E-state index in [-0.39, 0.29) is 30.9 Å². The number of halogens is 1. The fourth-order valence-corrected chi connectivity index (χ4v) is 7.19. The van der Waals surface area contributed by atoms with E-state index >= 15 is 4.39 Å². The molecule has 2 aliphatic rings. The molecule has 2 heterocycles. The van der Waals surface area contributed by atoms with Gasteiger partial charge < -0.3 is 19.3 Å². The number of nitrogens with zero attached hydrogens (tertiary/aromatic N) is 3. The maximum atomic E-state index is 16.0. The zero-order valence-electron chi connectivity index (χ0n) is 28.5. The van der Waals surface area contributed by atoms with Gasteiger partial charge in [-0.1, -0.05) is 97.6 Å². The molecule has 1 atom stereocenters. The van der Waals surface area contributed by atoms with E-state index < -0.39 is 35.0 Å². The third-order valence-corrected chi connectivity index (χ3v) is 9.64. The lowest BCUT2D eigenvalue weighted by atomic mass is 9.75. The number of Topliss-reactive ketones (excluding diaryl/α,β-unsaturated/α-hetero) is 1. The highest BCUT2D eigenvalue weighted by Crippen LogP contribution is 2.43. The number of esters is 2. The Morgan fingerprint density at radius 1 is 0.800 bits per heavy atom. The predicted molar refractivity (Wildman–Crippen MR) is 192 cm³/mol. The van der Waals surface area contributed by atoms with Crippen LogP contribution < -0.4 is 9.80 Å². The molecule has 0 radical (unpaired) electrons. The van der Waals surface area contributed by atoms with Gasteiger partial charge in [0.25, 0.3) is 0 Å². The molecule has 1 saturated heterocycles. The van der Waals surface area contributed by atoms with Gasteiger partial charge in [0.2, 0.25) is 0 Å². The van der Waals surface area contributed by atoms with Crippen LogP contribution in [0.1, 0.15) is 40.9 Å². The normalized spacial score (nSPS) is 16.5. The molecule has 6 rings (SSSR count). The minimum Gasteiger partial charge on any atom is -0.461 e. The molecular weight excluding hydrogens is 633 g/mol. The summed E-state index contributed by atoms with van der Waals surface area (Å²) in [7, 11) is 0. The van der Waals surface area contributed by atoms with Crippen molar-refractivity contribution in [2.24, 2.45) is 5.92 Å². The first-order chi connectivity index (χ1) is 24.2. The van der Waals surface area contributed by atoms with Crippen LogP contribution in [-0.2, 0) is 24.6 Å². The summed E-state index contributed by atoms with van der Waals surface area (Å²) in [4.78, 5) is 44.5. The van der Waals surface area contributed by atoms with Gasteiger partial charge in [-0.15, -0.1) is 0 Å². The molecule has 8 nitrogen and oxygen atoms in total. The summed E-state index contributed by atoms with van der Waals surface area (Å²) in [6.07, 6.45) is 0. The lowest BCUT2D eigenvalue weighted by Gasteiger charge is -2.49. The number of carbonyl (C=O) groups is 3. The van der Waals surface area contributed by atoms with Crippen molar-refractivity contribution in [2.45, 2.75) is 19.4 Å². The van der Waals surface area contributed by atoms with Crippen molar-refractivity contribution in [1.29, 1.82) is 0 Å². The second-order valence-electron chi connectivity index (χ2n) is 12.6. The van der Waals surface area contributed by atoms with E-state index in [1.54, 1.807) is 6.07 Å². The predicted octanol–water partition coefficient (Wildman–Crippen LogP) is 6.24. The van der Waals surface area contributed by atoms with Crippen LogP contribution in [0.3, 0.4) is 0 Å². The molecule has 0 aliphatic carbocycles. The Morgan fingerprint density at radius 3 is 1.82 bits per heavy atom. The average Bonchev–Trinajstić information content (AvgIpc) is 3.15. The second-order valence-corrected chi connectivity index (χ2v) is 12.6. The third-order valence-electron chi connectivity index (χ3n) is 9.64. The van der Waals surface area contributed by atoms with E-state index in [4.69, 9.17) is 9.47 Å². The molecule has 2 aliphatic heterocycles. The number of carbonyl (C=O) groups excluding carboxylic acids is 3. The fourth-order valence-electron chi connectivity index (χ4n) is 7.19. The first-order valence-electron chi connectivity index (χ1n) is 17.0. The number of anilines is 2. The summed E-state index contributed by atoms with van der Waals surface area (Å²) in [5.41, 5.74) is 4.33. The number of ketones is 1. The highest BCUT2D eigenvalue weighted by atomic mass is 19.1. The monoisotopic (exact) mass is 675 g/mol. The molecule has 0 amide bonds. The Bertz CT molecular complexity index is 1750. The molecule has 0 N–H and O–H groups in total. The second kappa shape index (κ2) is 15.1. The molecule has 50 heavy (non-hydrogen) atoms. The summed E-state index contributed by atoms with van der Waals surface area (Å²) in [5.74, 6) is -3.43. The van der Waals surface area contributed by atoms with Crippen LogP contribution in [0.25, 0.3) is 0 Å². The number of fused-ring (bicyclic) bond motifs is 1. The average molecular weight is 676 g/mol. The maximum Gasteiger partial charge on any atom is 0.333 e. The molecule has 0 spiro atoms. The van der Waals surface area contributed by atoms with Gasteiger partial charge in [-0.2, -0.15) is 0 Å². The lowest BCUT2D eigenvalue weighted by molar-refractivity contribution is -0.152. The molecule has 9 heteroatoms. The molecule has 258 valence electrons. The Hall–Kier alpha value is -5.28. The zero-order chi connectivity index (χ0) is 35.3. The van der Waals surface area contributed by atoms with Crippen molar-refractivity contribution in [3.8, 4) is 0 Å². The molecule has 0 bridgehead atoms. The molecule has 0 saturated carbocycles. The summed E-state index contributed by atoms with van der Waals surface area (Å²) in [6.45, 7) is 9.67. The fraction of sp³-hybridized carbons (Fsp3) is 0.293. The number of benzene rings is 4. The highest BCUT2D eigenvalue weighted by Gasteiger charge is 2.44. The summed E-state index contributed by atoms with van der Waals surface area (Å²) < 4.78 is 26.3. The minimum absolute atomic E-state index is 0.110. The van der Waals surface area contributed by atoms with E-state index in [0.29, 0.717) is 44.1 Å². The van der Waals surface area contributed by atoms with Crippen molar-refractivity contribution in [1.82, 2.24) is 4.90 Å². The van der Waals surface area contributed by atoms with Crippen molar-refractivity contribution in [3.05, 3.63) is 143 Å². The first-order valence-corrected chi connectivity index (χ1v) is 17.0. The van der Waals surface area contributed by atoms with Crippen LogP contribution in [0.5, 0.6) is 0 Å². The van der Waals surface area contributed by atoms with Crippen LogP contribution in [0.4, 0.5) is 15.8 Å². The number of piperazine rings is 1. The van der Waals surface area contributed by atoms with Gasteiger partial charge in [0, 0.05) is 56.1 Å². The maximum absolute atomic E-state index is 16.0. The van der Waals surface area contributed by atoms with Crippen LogP contribution in [0.15, 0.2) is 115 Å². The molecule has 1 fully saturated rings. The number of hydrogen-bond donors (Lipinski definition) is 0.